The van der Waals surface area contributed by atoms with E-state index in [1.54, 1.807) is 36.4 Å². The molecule has 154 valence electrons. The van der Waals surface area contributed by atoms with Crippen LogP contribution in [0.5, 0.6) is 5.75 Å². The molecule has 1 amide bonds. The van der Waals surface area contributed by atoms with Crippen molar-refractivity contribution in [2.45, 2.75) is 12.6 Å². The van der Waals surface area contributed by atoms with E-state index in [4.69, 9.17) is 13.7 Å². The molecule has 2 aromatic heterocycles. The summed E-state index contributed by atoms with van der Waals surface area (Å²) in [6, 6.07) is 10.4. The van der Waals surface area contributed by atoms with E-state index in [0.717, 1.165) is 19.6 Å². The highest BCUT2D eigenvalue weighted by Crippen LogP contribution is 2.21. The second-order valence-corrected chi connectivity index (χ2v) is 6.49. The SMILES string of the molecule is CN1CCNCC1c1noc(COc2cccc(NC(=O)c3ccco3)c2)n1.Cl. The molecule has 1 atom stereocenters. The number of hydrogen-bond acceptors (Lipinski definition) is 8. The van der Waals surface area contributed by atoms with Crippen LogP contribution < -0.4 is 15.4 Å². The maximum absolute atomic E-state index is 12.1. The lowest BCUT2D eigenvalue weighted by Gasteiger charge is -2.30. The van der Waals surface area contributed by atoms with Gasteiger partial charge in [0.25, 0.3) is 11.8 Å². The Kier molecular flexibility index (Phi) is 6.86. The van der Waals surface area contributed by atoms with Crippen molar-refractivity contribution in [3.8, 4) is 5.75 Å². The van der Waals surface area contributed by atoms with Crippen molar-refractivity contribution in [1.29, 1.82) is 0 Å². The molecule has 3 aromatic rings. The van der Waals surface area contributed by atoms with Crippen LogP contribution in [0.15, 0.2) is 51.6 Å². The molecular weight excluding hydrogens is 398 g/mol. The lowest BCUT2D eigenvalue weighted by molar-refractivity contribution is 0.0996. The second-order valence-electron chi connectivity index (χ2n) is 6.49. The molecule has 2 N–H and O–H groups in total. The monoisotopic (exact) mass is 419 g/mol. The molecule has 3 heterocycles. The smallest absolute Gasteiger partial charge is 0.291 e. The fourth-order valence-electron chi connectivity index (χ4n) is 2.97. The van der Waals surface area contributed by atoms with Gasteiger partial charge in [-0.3, -0.25) is 9.69 Å². The van der Waals surface area contributed by atoms with Crippen LogP contribution in [0.25, 0.3) is 0 Å². The van der Waals surface area contributed by atoms with Gasteiger partial charge in [0, 0.05) is 31.4 Å². The van der Waals surface area contributed by atoms with Crippen molar-refractivity contribution in [1.82, 2.24) is 20.4 Å². The van der Waals surface area contributed by atoms with Crippen molar-refractivity contribution in [3.05, 3.63) is 60.1 Å². The van der Waals surface area contributed by atoms with Crippen molar-refractivity contribution < 1.29 is 18.5 Å². The first kappa shape index (κ1) is 20.8. The van der Waals surface area contributed by atoms with E-state index in [1.165, 1.54) is 6.26 Å². The number of aromatic nitrogens is 2. The summed E-state index contributed by atoms with van der Waals surface area (Å²) in [5.41, 5.74) is 0.597. The van der Waals surface area contributed by atoms with Gasteiger partial charge in [-0.1, -0.05) is 11.2 Å². The van der Waals surface area contributed by atoms with Gasteiger partial charge in [-0.2, -0.15) is 4.98 Å². The van der Waals surface area contributed by atoms with Crippen LogP contribution in [0.4, 0.5) is 5.69 Å². The minimum Gasteiger partial charge on any atom is -0.484 e. The van der Waals surface area contributed by atoms with Gasteiger partial charge in [-0.15, -0.1) is 12.4 Å². The summed E-state index contributed by atoms with van der Waals surface area (Å²) < 4.78 is 16.1. The molecule has 29 heavy (non-hydrogen) atoms. The normalized spacial score (nSPS) is 16.8. The molecule has 1 aromatic carbocycles. The summed E-state index contributed by atoms with van der Waals surface area (Å²) in [6.07, 6.45) is 1.45. The number of rotatable bonds is 6. The zero-order valence-corrected chi connectivity index (χ0v) is 16.6. The average Bonchev–Trinajstić information content (AvgIpc) is 3.39. The molecular formula is C19H22ClN5O4. The Hall–Kier alpha value is -2.88. The van der Waals surface area contributed by atoms with Crippen LogP contribution in [-0.2, 0) is 6.61 Å². The summed E-state index contributed by atoms with van der Waals surface area (Å²) in [7, 11) is 2.04. The topological polar surface area (TPSA) is 106 Å². The van der Waals surface area contributed by atoms with E-state index in [1.807, 2.05) is 7.05 Å². The number of amides is 1. The molecule has 1 aliphatic rings. The van der Waals surface area contributed by atoms with Crippen molar-refractivity contribution >= 4 is 24.0 Å². The molecule has 1 saturated heterocycles. The number of piperazine rings is 1. The highest BCUT2D eigenvalue weighted by molar-refractivity contribution is 6.02. The standard InChI is InChI=1S/C19H21N5O4.ClH/c1-24-8-7-20-11-15(24)18-22-17(28-23-18)12-27-14-5-2-4-13(10-14)21-19(25)16-6-3-9-26-16;/h2-6,9-10,15,20H,7-8,11-12H2,1H3,(H,21,25);1H. The number of furan rings is 1. The third-order valence-corrected chi connectivity index (χ3v) is 4.49. The van der Waals surface area contributed by atoms with Crippen LogP contribution in [0.1, 0.15) is 28.3 Å². The van der Waals surface area contributed by atoms with Crippen LogP contribution in [0.3, 0.4) is 0 Å². The number of carbonyl (C=O) groups excluding carboxylic acids is 1. The molecule has 1 fully saturated rings. The minimum atomic E-state index is -0.325. The van der Waals surface area contributed by atoms with Crippen LogP contribution in [0.2, 0.25) is 0 Å². The maximum Gasteiger partial charge on any atom is 0.291 e. The Labute approximate surface area is 173 Å². The zero-order chi connectivity index (χ0) is 19.3. The number of nitrogens with zero attached hydrogens (tertiary/aromatic N) is 3. The zero-order valence-electron chi connectivity index (χ0n) is 15.8. The number of ether oxygens (including phenoxy) is 1. The number of hydrogen-bond donors (Lipinski definition) is 2. The lowest BCUT2D eigenvalue weighted by atomic mass is 10.2. The first-order valence-electron chi connectivity index (χ1n) is 9.00. The highest BCUT2D eigenvalue weighted by atomic mass is 35.5. The number of anilines is 1. The fraction of sp³-hybridized carbons (Fsp3) is 0.316. The van der Waals surface area contributed by atoms with Crippen LogP contribution in [0, 0.1) is 0 Å². The van der Waals surface area contributed by atoms with Gasteiger partial charge >= 0.3 is 0 Å². The van der Waals surface area contributed by atoms with Gasteiger partial charge in [0.2, 0.25) is 0 Å². The van der Waals surface area contributed by atoms with Crippen molar-refractivity contribution in [3.63, 3.8) is 0 Å². The molecule has 0 bridgehead atoms. The molecule has 0 radical (unpaired) electrons. The van der Waals surface area contributed by atoms with E-state index >= 15 is 0 Å². The number of likely N-dealkylation sites (N-methyl/N-ethyl adjacent to an activating group) is 1. The predicted octanol–water partition coefficient (Wildman–Crippen LogP) is 2.49. The van der Waals surface area contributed by atoms with Gasteiger partial charge < -0.3 is 24.3 Å². The van der Waals surface area contributed by atoms with E-state index in [-0.39, 0.29) is 36.7 Å². The second kappa shape index (κ2) is 9.55. The lowest BCUT2D eigenvalue weighted by Crippen LogP contribution is -2.44. The third-order valence-electron chi connectivity index (χ3n) is 4.49. The molecule has 10 heteroatoms. The molecule has 1 unspecified atom stereocenters. The van der Waals surface area contributed by atoms with Crippen LogP contribution in [-0.4, -0.2) is 47.6 Å². The van der Waals surface area contributed by atoms with Crippen molar-refractivity contribution in [2.24, 2.45) is 0 Å². The summed E-state index contributed by atoms with van der Waals surface area (Å²) in [6.45, 7) is 2.81. The Morgan fingerprint density at radius 3 is 3.07 bits per heavy atom. The van der Waals surface area contributed by atoms with Gasteiger partial charge in [0.1, 0.15) is 5.75 Å². The summed E-state index contributed by atoms with van der Waals surface area (Å²) in [4.78, 5) is 18.7. The molecule has 1 aliphatic heterocycles. The molecule has 0 aliphatic carbocycles. The average molecular weight is 420 g/mol. The maximum atomic E-state index is 12.1. The number of carbonyl (C=O) groups is 1. The van der Waals surface area contributed by atoms with E-state index in [0.29, 0.717) is 23.2 Å². The molecule has 0 spiro atoms. The van der Waals surface area contributed by atoms with E-state index in [2.05, 4.69) is 25.7 Å². The molecule has 0 saturated carbocycles. The predicted molar refractivity (Wildman–Crippen MR) is 107 cm³/mol. The number of nitrogens with one attached hydrogen (secondary N) is 2. The summed E-state index contributed by atoms with van der Waals surface area (Å²) >= 11 is 0. The Morgan fingerprint density at radius 2 is 2.28 bits per heavy atom. The number of benzene rings is 1. The van der Waals surface area contributed by atoms with Gasteiger partial charge in [-0.05, 0) is 31.3 Å². The van der Waals surface area contributed by atoms with Crippen molar-refractivity contribution in [2.75, 3.05) is 32.0 Å². The highest BCUT2D eigenvalue weighted by Gasteiger charge is 2.25. The summed E-state index contributed by atoms with van der Waals surface area (Å²) in [5.74, 6) is 1.54. The quantitative estimate of drug-likeness (QED) is 0.627. The summed E-state index contributed by atoms with van der Waals surface area (Å²) in [5, 5.41) is 10.2. The largest absolute Gasteiger partial charge is 0.484 e. The van der Waals surface area contributed by atoms with E-state index in [9.17, 15) is 4.79 Å². The first-order chi connectivity index (χ1) is 13.7. The fourth-order valence-corrected chi connectivity index (χ4v) is 2.97. The Morgan fingerprint density at radius 1 is 1.38 bits per heavy atom. The third kappa shape index (κ3) is 5.14. The first-order valence-corrected chi connectivity index (χ1v) is 9.00. The van der Waals surface area contributed by atoms with Gasteiger partial charge in [0.15, 0.2) is 18.2 Å². The van der Waals surface area contributed by atoms with Gasteiger partial charge in [-0.25, -0.2) is 0 Å². The van der Waals surface area contributed by atoms with Gasteiger partial charge in [0.05, 0.1) is 12.3 Å². The Balaban J connectivity index is 0.00000240. The Bertz CT molecular complexity index is 930. The van der Waals surface area contributed by atoms with Crippen LogP contribution >= 0.6 is 12.4 Å². The molecule has 4 rings (SSSR count). The molecule has 9 nitrogen and oxygen atoms in total. The van der Waals surface area contributed by atoms with E-state index < -0.39 is 0 Å². The minimum absolute atomic E-state index is 0. The number of halogens is 1.